The Labute approximate surface area is 193 Å². The number of ether oxygens (including phenoxy) is 1. The van der Waals surface area contributed by atoms with E-state index in [1.807, 2.05) is 31.5 Å². The Morgan fingerprint density at radius 2 is 2.21 bits per heavy atom. The minimum absolute atomic E-state index is 0.000338. The van der Waals surface area contributed by atoms with Crippen LogP contribution in [-0.4, -0.2) is 30.0 Å². The Morgan fingerprint density at radius 1 is 1.41 bits per heavy atom. The highest BCUT2D eigenvalue weighted by Crippen LogP contribution is 2.52. The van der Waals surface area contributed by atoms with Crippen molar-refractivity contribution < 1.29 is 4.74 Å². The van der Waals surface area contributed by atoms with Crippen LogP contribution in [0.1, 0.15) is 57.4 Å². The molecule has 29 heavy (non-hydrogen) atoms. The van der Waals surface area contributed by atoms with Crippen LogP contribution in [-0.2, 0) is 11.3 Å². The highest BCUT2D eigenvalue weighted by molar-refractivity contribution is 14.1. The molecule has 1 saturated heterocycles. The van der Waals surface area contributed by atoms with E-state index in [1.54, 1.807) is 0 Å². The maximum absolute atomic E-state index is 6.31. The maximum atomic E-state index is 6.31. The van der Waals surface area contributed by atoms with Crippen molar-refractivity contribution in [2.24, 2.45) is 10.4 Å². The number of pyridine rings is 1. The van der Waals surface area contributed by atoms with Crippen molar-refractivity contribution in [3.63, 3.8) is 0 Å². The molecule has 1 atom stereocenters. The first-order chi connectivity index (χ1) is 14.0. The molecule has 1 aromatic heterocycles. The highest BCUT2D eigenvalue weighted by Gasteiger charge is 2.48. The SMILES string of the molecule is C=C(N=C/C=C\C)[C@]1(CCNCc2cnc(Cl)c(I)c2)CCOC2(CCCC2)C1. The number of aliphatic imine (C=N–C) groups is 1. The summed E-state index contributed by atoms with van der Waals surface area (Å²) in [5.41, 5.74) is 2.18. The third-order valence-electron chi connectivity index (χ3n) is 6.25. The summed E-state index contributed by atoms with van der Waals surface area (Å²) in [6, 6.07) is 2.08. The molecule has 1 aliphatic heterocycles. The summed E-state index contributed by atoms with van der Waals surface area (Å²) in [5, 5.41) is 4.15. The van der Waals surface area contributed by atoms with Gasteiger partial charge in [-0.2, -0.15) is 0 Å². The first-order valence-corrected chi connectivity index (χ1v) is 11.9. The zero-order valence-electron chi connectivity index (χ0n) is 17.2. The van der Waals surface area contributed by atoms with Crippen molar-refractivity contribution in [2.75, 3.05) is 13.2 Å². The smallest absolute Gasteiger partial charge is 0.142 e. The quantitative estimate of drug-likeness (QED) is 0.193. The van der Waals surface area contributed by atoms with Gasteiger partial charge in [-0.25, -0.2) is 4.98 Å². The lowest BCUT2D eigenvalue weighted by molar-refractivity contribution is -0.115. The van der Waals surface area contributed by atoms with Crippen LogP contribution in [0.4, 0.5) is 0 Å². The second-order valence-electron chi connectivity index (χ2n) is 8.24. The molecule has 2 aliphatic rings. The fraction of sp³-hybridized carbons (Fsp3) is 0.565. The van der Waals surface area contributed by atoms with Crippen LogP contribution in [0, 0.1) is 8.99 Å². The molecule has 1 aliphatic carbocycles. The van der Waals surface area contributed by atoms with Gasteiger partial charge < -0.3 is 10.1 Å². The first kappa shape index (κ1) is 22.9. The number of hydrogen-bond donors (Lipinski definition) is 1. The monoisotopic (exact) mass is 527 g/mol. The number of halogens is 2. The third kappa shape index (κ3) is 5.90. The molecule has 0 unspecified atom stereocenters. The normalized spacial score (nSPS) is 24.1. The molecule has 1 saturated carbocycles. The van der Waals surface area contributed by atoms with Crippen LogP contribution in [0.5, 0.6) is 0 Å². The first-order valence-electron chi connectivity index (χ1n) is 10.5. The van der Waals surface area contributed by atoms with E-state index in [0.717, 1.165) is 53.8 Å². The summed E-state index contributed by atoms with van der Waals surface area (Å²) in [7, 11) is 0. The average Bonchev–Trinajstić information content (AvgIpc) is 3.15. The Bertz CT molecular complexity index is 773. The Hall–Kier alpha value is -0.760. The minimum atomic E-state index is 0.000338. The van der Waals surface area contributed by atoms with Crippen molar-refractivity contribution in [1.29, 1.82) is 0 Å². The molecule has 158 valence electrons. The van der Waals surface area contributed by atoms with Crippen LogP contribution >= 0.6 is 34.2 Å². The van der Waals surface area contributed by atoms with Gasteiger partial charge in [-0.15, -0.1) is 0 Å². The topological polar surface area (TPSA) is 46.5 Å². The minimum Gasteiger partial charge on any atom is -0.375 e. The van der Waals surface area contributed by atoms with Crippen molar-refractivity contribution in [3.8, 4) is 0 Å². The van der Waals surface area contributed by atoms with Gasteiger partial charge in [-0.05, 0) is 85.9 Å². The standard InChI is InChI=1S/C23H31ClIN3O/c1-3-4-11-27-18(2)22(10-13-29-23(17-22)7-5-6-8-23)9-12-26-15-19-14-20(25)21(24)28-16-19/h3-4,11,14,16,26H,2,5-10,12-13,15,17H2,1H3/b4-3-,27-11?/t22-/m1/s1. The molecule has 0 bridgehead atoms. The van der Waals surface area contributed by atoms with Gasteiger partial charge in [-0.3, -0.25) is 4.99 Å². The van der Waals surface area contributed by atoms with E-state index in [2.05, 4.69) is 45.5 Å². The Kier molecular flexibility index (Phi) is 8.31. The molecule has 2 heterocycles. The van der Waals surface area contributed by atoms with Gasteiger partial charge >= 0.3 is 0 Å². The van der Waals surface area contributed by atoms with Gasteiger partial charge in [0.05, 0.1) is 9.17 Å². The van der Waals surface area contributed by atoms with Crippen molar-refractivity contribution in [2.45, 2.75) is 64.0 Å². The molecule has 1 spiro atoms. The van der Waals surface area contributed by atoms with Crippen molar-refractivity contribution >= 4 is 40.4 Å². The summed E-state index contributed by atoms with van der Waals surface area (Å²) >= 11 is 8.25. The summed E-state index contributed by atoms with van der Waals surface area (Å²) in [6.45, 7) is 8.89. The van der Waals surface area contributed by atoms with Crippen molar-refractivity contribution in [1.82, 2.24) is 10.3 Å². The Morgan fingerprint density at radius 3 is 2.93 bits per heavy atom. The summed E-state index contributed by atoms with van der Waals surface area (Å²) < 4.78 is 7.29. The maximum Gasteiger partial charge on any atom is 0.142 e. The average molecular weight is 528 g/mol. The summed E-state index contributed by atoms with van der Waals surface area (Å²) in [6.07, 6.45) is 15.6. The number of hydrogen-bond acceptors (Lipinski definition) is 4. The lowest BCUT2D eigenvalue weighted by Crippen LogP contribution is -2.45. The lowest BCUT2D eigenvalue weighted by Gasteiger charge is -2.47. The van der Waals surface area contributed by atoms with Gasteiger partial charge in [0.15, 0.2) is 0 Å². The molecular weight excluding hydrogens is 497 g/mol. The summed E-state index contributed by atoms with van der Waals surface area (Å²) in [4.78, 5) is 8.95. The van der Waals surface area contributed by atoms with Crippen LogP contribution < -0.4 is 5.32 Å². The second kappa shape index (κ2) is 10.5. The van der Waals surface area contributed by atoms with E-state index in [4.69, 9.17) is 21.3 Å². The van der Waals surface area contributed by atoms with Crippen molar-refractivity contribution in [3.05, 3.63) is 51.0 Å². The predicted molar refractivity (Wildman–Crippen MR) is 130 cm³/mol. The van der Waals surface area contributed by atoms with Gasteiger partial charge in [0.25, 0.3) is 0 Å². The molecule has 6 heteroatoms. The van der Waals surface area contributed by atoms with Crippen LogP contribution in [0.15, 0.2) is 41.7 Å². The molecule has 4 nitrogen and oxygen atoms in total. The number of rotatable bonds is 8. The second-order valence-corrected chi connectivity index (χ2v) is 9.76. The molecule has 0 amide bonds. The Balaban J connectivity index is 1.66. The zero-order valence-corrected chi connectivity index (χ0v) is 20.1. The third-order valence-corrected chi connectivity index (χ3v) is 7.69. The van der Waals surface area contributed by atoms with E-state index in [1.165, 1.54) is 25.7 Å². The fourth-order valence-corrected chi connectivity index (χ4v) is 5.28. The van der Waals surface area contributed by atoms with Gasteiger partial charge in [0.2, 0.25) is 0 Å². The predicted octanol–water partition coefficient (Wildman–Crippen LogP) is 6.09. The van der Waals surface area contributed by atoms with E-state index >= 15 is 0 Å². The van der Waals surface area contributed by atoms with Gasteiger partial charge in [-0.1, -0.05) is 37.1 Å². The molecular formula is C23H31ClIN3O. The number of allylic oxidation sites excluding steroid dienone is 3. The van der Waals surface area contributed by atoms with E-state index in [0.29, 0.717) is 5.15 Å². The fourth-order valence-electron chi connectivity index (χ4n) is 4.64. The molecule has 1 N–H and O–H groups in total. The largest absolute Gasteiger partial charge is 0.375 e. The van der Waals surface area contributed by atoms with Crippen LogP contribution in [0.3, 0.4) is 0 Å². The summed E-state index contributed by atoms with van der Waals surface area (Å²) in [5.74, 6) is 0. The molecule has 0 radical (unpaired) electrons. The number of nitrogens with one attached hydrogen (secondary N) is 1. The highest BCUT2D eigenvalue weighted by atomic mass is 127. The van der Waals surface area contributed by atoms with Crippen LogP contribution in [0.2, 0.25) is 5.15 Å². The number of nitrogens with zero attached hydrogens (tertiary/aromatic N) is 2. The van der Waals surface area contributed by atoms with E-state index in [-0.39, 0.29) is 11.0 Å². The number of aromatic nitrogens is 1. The lowest BCUT2D eigenvalue weighted by atomic mass is 9.68. The molecule has 3 rings (SSSR count). The van der Waals surface area contributed by atoms with Gasteiger partial charge in [0.1, 0.15) is 5.15 Å². The van der Waals surface area contributed by atoms with Gasteiger partial charge in [0, 0.05) is 36.7 Å². The zero-order chi connectivity index (χ0) is 20.7. The van der Waals surface area contributed by atoms with Crippen LogP contribution in [0.25, 0.3) is 0 Å². The molecule has 1 aromatic rings. The van der Waals surface area contributed by atoms with E-state index in [9.17, 15) is 0 Å². The molecule has 0 aromatic carbocycles. The van der Waals surface area contributed by atoms with E-state index < -0.39 is 0 Å². The molecule has 2 fully saturated rings.